The Bertz CT molecular complexity index is 1140. The van der Waals surface area contributed by atoms with Gasteiger partial charge in [0.05, 0.1) is 12.2 Å². The van der Waals surface area contributed by atoms with Gasteiger partial charge in [-0.3, -0.25) is 14.5 Å². The average molecular weight is 470 g/mol. The van der Waals surface area contributed by atoms with E-state index in [1.165, 1.54) is 11.3 Å². The molecular weight excluding hydrogens is 442 g/mol. The largest absolute Gasteiger partial charge is 0.462 e. The quantitative estimate of drug-likeness (QED) is 0.498. The number of thiophene rings is 1. The molecule has 1 aliphatic heterocycles. The molecule has 1 aromatic carbocycles. The molecule has 0 radical (unpaired) electrons. The molecule has 2 N–H and O–H groups in total. The Morgan fingerprint density at radius 3 is 2.73 bits per heavy atom. The van der Waals surface area contributed by atoms with Crippen LogP contribution in [0.1, 0.15) is 58.6 Å². The van der Waals surface area contributed by atoms with Crippen LogP contribution in [0, 0.1) is 6.92 Å². The summed E-state index contributed by atoms with van der Waals surface area (Å²) in [7, 11) is 0. The lowest BCUT2D eigenvalue weighted by molar-refractivity contribution is -0.134. The lowest BCUT2D eigenvalue weighted by atomic mass is 9.76. The van der Waals surface area contributed by atoms with Crippen LogP contribution in [-0.4, -0.2) is 41.9 Å². The molecule has 1 aliphatic carbocycles. The van der Waals surface area contributed by atoms with Crippen molar-refractivity contribution >= 4 is 40.2 Å². The molecule has 4 amide bonds. The monoisotopic (exact) mass is 469 g/mol. The molecule has 1 saturated heterocycles. The molecule has 9 heteroatoms. The fourth-order valence-electron chi connectivity index (χ4n) is 4.70. The van der Waals surface area contributed by atoms with E-state index >= 15 is 0 Å². The number of esters is 1. The summed E-state index contributed by atoms with van der Waals surface area (Å²) in [6.45, 7) is 5.28. The lowest BCUT2D eigenvalue weighted by Crippen LogP contribution is -2.47. The van der Waals surface area contributed by atoms with Gasteiger partial charge in [0.25, 0.3) is 5.91 Å². The fourth-order valence-corrected chi connectivity index (χ4v) is 5.85. The minimum Gasteiger partial charge on any atom is -0.462 e. The van der Waals surface area contributed by atoms with Crippen LogP contribution in [0.3, 0.4) is 0 Å². The molecule has 4 rings (SSSR count). The molecule has 174 valence electrons. The van der Waals surface area contributed by atoms with Gasteiger partial charge in [0, 0.05) is 4.88 Å². The Kier molecular flexibility index (Phi) is 6.25. The maximum absolute atomic E-state index is 13.4. The van der Waals surface area contributed by atoms with Gasteiger partial charge in [0.1, 0.15) is 17.1 Å². The normalized spacial score (nSPS) is 19.4. The molecule has 0 saturated carbocycles. The third-order valence-corrected chi connectivity index (χ3v) is 7.60. The van der Waals surface area contributed by atoms with Crippen molar-refractivity contribution in [2.45, 2.75) is 52.0 Å². The molecule has 1 aromatic heterocycles. The van der Waals surface area contributed by atoms with Gasteiger partial charge in [0.15, 0.2) is 0 Å². The summed E-state index contributed by atoms with van der Waals surface area (Å²) < 4.78 is 5.15. The summed E-state index contributed by atoms with van der Waals surface area (Å²) in [6.07, 6.45) is 2.80. The van der Waals surface area contributed by atoms with E-state index < -0.39 is 35.9 Å². The van der Waals surface area contributed by atoms with Gasteiger partial charge < -0.3 is 15.4 Å². The number of hydrogen-bond donors (Lipinski definition) is 2. The Balaban J connectivity index is 1.56. The van der Waals surface area contributed by atoms with Crippen molar-refractivity contribution in [3.8, 4) is 0 Å². The first-order valence-corrected chi connectivity index (χ1v) is 12.0. The number of carbonyl (C=O) groups excluding carboxylic acids is 4. The Labute approximate surface area is 196 Å². The number of aryl methyl sites for hydroxylation is 2. The van der Waals surface area contributed by atoms with E-state index in [0.29, 0.717) is 23.4 Å². The van der Waals surface area contributed by atoms with Gasteiger partial charge in [-0.2, -0.15) is 0 Å². The number of nitrogens with one attached hydrogen (secondary N) is 2. The zero-order valence-electron chi connectivity index (χ0n) is 18.9. The van der Waals surface area contributed by atoms with Crippen LogP contribution in [0.4, 0.5) is 9.80 Å². The lowest BCUT2D eigenvalue weighted by Gasteiger charge is -2.33. The highest BCUT2D eigenvalue weighted by atomic mass is 32.1. The van der Waals surface area contributed by atoms with E-state index in [9.17, 15) is 19.2 Å². The molecule has 2 heterocycles. The second-order valence-electron chi connectivity index (χ2n) is 8.21. The summed E-state index contributed by atoms with van der Waals surface area (Å²) in [5, 5.41) is 5.95. The zero-order chi connectivity index (χ0) is 23.8. The second-order valence-corrected chi connectivity index (χ2v) is 9.32. The molecule has 8 nitrogen and oxygen atoms in total. The van der Waals surface area contributed by atoms with Crippen LogP contribution in [0.25, 0.3) is 0 Å². The maximum Gasteiger partial charge on any atom is 0.341 e. The predicted molar refractivity (Wildman–Crippen MR) is 124 cm³/mol. The van der Waals surface area contributed by atoms with Gasteiger partial charge in [-0.15, -0.1) is 11.3 Å². The van der Waals surface area contributed by atoms with Crippen molar-refractivity contribution in [3.05, 3.63) is 51.4 Å². The molecular formula is C24H27N3O5S. The number of ether oxygens (including phenoxy) is 1. The van der Waals surface area contributed by atoms with Crippen LogP contribution < -0.4 is 10.6 Å². The first-order chi connectivity index (χ1) is 15.8. The number of carbonyl (C=O) groups is 4. The van der Waals surface area contributed by atoms with Crippen molar-refractivity contribution in [2.24, 2.45) is 0 Å². The maximum atomic E-state index is 13.4. The van der Waals surface area contributed by atoms with Crippen LogP contribution in [0.2, 0.25) is 0 Å². The third-order valence-electron chi connectivity index (χ3n) is 6.25. The van der Waals surface area contributed by atoms with E-state index in [1.54, 1.807) is 6.92 Å². The van der Waals surface area contributed by atoms with Crippen molar-refractivity contribution in [1.29, 1.82) is 0 Å². The van der Waals surface area contributed by atoms with Crippen LogP contribution in [-0.2, 0) is 32.7 Å². The number of hydrogen-bond acceptors (Lipinski definition) is 6. The Morgan fingerprint density at radius 2 is 2.00 bits per heavy atom. The molecule has 1 unspecified atom stereocenters. The molecule has 33 heavy (non-hydrogen) atoms. The van der Waals surface area contributed by atoms with E-state index in [2.05, 4.69) is 10.6 Å². The first-order valence-electron chi connectivity index (χ1n) is 11.1. The standard InChI is InChI=1S/C24H27N3O5S/c1-4-17-14(3)19(21(29)32-5-2)20(33-17)25-18(28)13-27-22(30)24(26-23(27)31)12-8-10-15-9-6-7-11-16(15)24/h6-7,9,11H,4-5,8,10,12-13H2,1-3H3,(H,25,28)(H,26,31). The molecule has 1 spiro atoms. The van der Waals surface area contributed by atoms with Crippen LogP contribution >= 0.6 is 11.3 Å². The van der Waals surface area contributed by atoms with Crippen LogP contribution in [0.5, 0.6) is 0 Å². The van der Waals surface area contributed by atoms with Crippen LogP contribution in [0.15, 0.2) is 24.3 Å². The topological polar surface area (TPSA) is 105 Å². The summed E-state index contributed by atoms with van der Waals surface area (Å²) in [5.74, 6) is -1.47. The minimum absolute atomic E-state index is 0.217. The van der Waals surface area contributed by atoms with E-state index in [4.69, 9.17) is 4.74 Å². The summed E-state index contributed by atoms with van der Waals surface area (Å²) in [4.78, 5) is 53.4. The van der Waals surface area contributed by atoms with Crippen molar-refractivity contribution in [2.75, 3.05) is 18.5 Å². The number of benzene rings is 1. The zero-order valence-corrected chi connectivity index (χ0v) is 19.8. The number of anilines is 1. The molecule has 1 atom stereocenters. The number of amides is 4. The highest BCUT2D eigenvalue weighted by Gasteiger charge is 2.54. The van der Waals surface area contributed by atoms with Gasteiger partial charge in [0.2, 0.25) is 5.91 Å². The molecule has 1 fully saturated rings. The van der Waals surface area contributed by atoms with Gasteiger partial charge in [-0.05, 0) is 56.2 Å². The van der Waals surface area contributed by atoms with E-state index in [0.717, 1.165) is 39.3 Å². The molecule has 2 aliphatic rings. The fraction of sp³-hybridized carbons (Fsp3) is 0.417. The predicted octanol–water partition coefficient (Wildman–Crippen LogP) is 3.52. The summed E-state index contributed by atoms with van der Waals surface area (Å²) >= 11 is 1.30. The van der Waals surface area contributed by atoms with Crippen molar-refractivity contribution in [3.63, 3.8) is 0 Å². The van der Waals surface area contributed by atoms with Gasteiger partial charge >= 0.3 is 12.0 Å². The highest BCUT2D eigenvalue weighted by Crippen LogP contribution is 2.40. The number of nitrogens with zero attached hydrogens (tertiary/aromatic N) is 1. The number of imide groups is 1. The summed E-state index contributed by atoms with van der Waals surface area (Å²) in [5.41, 5.74) is 1.79. The number of urea groups is 1. The Morgan fingerprint density at radius 1 is 1.24 bits per heavy atom. The van der Waals surface area contributed by atoms with E-state index in [1.807, 2.05) is 38.1 Å². The second kappa shape index (κ2) is 8.97. The minimum atomic E-state index is -1.13. The highest BCUT2D eigenvalue weighted by molar-refractivity contribution is 7.17. The SMILES string of the molecule is CCOC(=O)c1c(NC(=O)CN2C(=O)NC3(CCCc4ccccc43)C2=O)sc(CC)c1C. The number of rotatable bonds is 6. The van der Waals surface area contributed by atoms with Crippen molar-refractivity contribution in [1.82, 2.24) is 10.2 Å². The third kappa shape index (κ3) is 3.90. The number of fused-ring (bicyclic) bond motifs is 2. The average Bonchev–Trinajstić information content (AvgIpc) is 3.22. The Hall–Kier alpha value is -3.20. The van der Waals surface area contributed by atoms with Gasteiger partial charge in [-0.1, -0.05) is 31.2 Å². The van der Waals surface area contributed by atoms with Crippen molar-refractivity contribution < 1.29 is 23.9 Å². The smallest absolute Gasteiger partial charge is 0.341 e. The van der Waals surface area contributed by atoms with Gasteiger partial charge in [-0.25, -0.2) is 9.59 Å². The van der Waals surface area contributed by atoms with E-state index in [-0.39, 0.29) is 6.61 Å². The first kappa shape index (κ1) is 23.0. The summed E-state index contributed by atoms with van der Waals surface area (Å²) in [6, 6.07) is 7.00. The molecule has 0 bridgehead atoms. The molecule has 2 aromatic rings.